The second kappa shape index (κ2) is 11.7. The molecule has 6 rings (SSSR count). The standard InChI is InChI=1S/2C18H17.C3H8Si.2CH3.Hf/c2*1-13(2)15-8-3-9-16(12-15)18-11-5-7-14-6-4-10-17(14)18;1-2-3-4;;;/h2*3-13H,1-2H3;4H,2-3H2,1H3;2*1H3;. The molecule has 2 unspecified atom stereocenters. The molecule has 0 amide bonds. The number of rotatable bonds is 8. The van der Waals surface area contributed by atoms with E-state index in [0.29, 0.717) is 25.4 Å². The fourth-order valence-electron chi connectivity index (χ4n) is 7.94. The Morgan fingerprint density at radius 2 is 1.07 bits per heavy atom. The average Bonchev–Trinajstić information content (AvgIpc) is 3.66. The van der Waals surface area contributed by atoms with E-state index in [0.717, 1.165) is 0 Å². The quantitative estimate of drug-likeness (QED) is 0.158. The number of fused-ring (bicyclic) bond motifs is 2. The van der Waals surface area contributed by atoms with Crippen molar-refractivity contribution < 1.29 is 17.1 Å². The first-order valence-corrected chi connectivity index (χ1v) is 35.4. The van der Waals surface area contributed by atoms with Gasteiger partial charge in [0.05, 0.1) is 0 Å². The summed E-state index contributed by atoms with van der Waals surface area (Å²) >= 11 is -3.66. The van der Waals surface area contributed by atoms with E-state index < -0.39 is 17.1 Å². The molecule has 0 N–H and O–H groups in total. The van der Waals surface area contributed by atoms with Gasteiger partial charge in [0.25, 0.3) is 0 Å². The van der Waals surface area contributed by atoms with Gasteiger partial charge in [-0.05, 0) is 0 Å². The van der Waals surface area contributed by atoms with Crippen LogP contribution in [0.5, 0.6) is 0 Å². The zero-order valence-corrected chi connectivity index (χ0v) is 31.9. The second-order valence-electron chi connectivity index (χ2n) is 14.6. The minimum atomic E-state index is -3.66. The van der Waals surface area contributed by atoms with Crippen LogP contribution in [0.3, 0.4) is 0 Å². The zero-order chi connectivity index (χ0) is 30.4. The number of hydrogen-bond donors (Lipinski definition) is 0. The van der Waals surface area contributed by atoms with Crippen LogP contribution in [0, 0.1) is 0 Å². The predicted molar refractivity (Wildman–Crippen MR) is 189 cm³/mol. The van der Waals surface area contributed by atoms with E-state index in [9.17, 15) is 0 Å². The zero-order valence-electron chi connectivity index (χ0n) is 27.2. The van der Waals surface area contributed by atoms with Crippen molar-refractivity contribution >= 4 is 18.4 Å². The summed E-state index contributed by atoms with van der Waals surface area (Å²) in [5.41, 5.74) is 14.5. The van der Waals surface area contributed by atoms with Crippen molar-refractivity contribution in [3.8, 4) is 22.3 Å². The summed E-state index contributed by atoms with van der Waals surface area (Å²) in [5, 5.41) is 0. The Hall–Kier alpha value is -2.55. The van der Waals surface area contributed by atoms with Crippen LogP contribution in [0.25, 0.3) is 34.4 Å². The number of hydrogen-bond acceptors (Lipinski definition) is 0. The van der Waals surface area contributed by atoms with Crippen LogP contribution in [0.1, 0.15) is 93.6 Å². The van der Waals surface area contributed by atoms with Crippen LogP contribution in [0.2, 0.25) is 15.4 Å². The Morgan fingerprint density at radius 1 is 0.628 bits per heavy atom. The summed E-state index contributed by atoms with van der Waals surface area (Å²) in [6, 6.07) is 34.2. The molecule has 0 spiro atoms. The van der Waals surface area contributed by atoms with E-state index in [2.05, 4.69) is 153 Å². The van der Waals surface area contributed by atoms with Crippen molar-refractivity contribution in [3.63, 3.8) is 0 Å². The number of allylic oxidation sites excluding steroid dienone is 2. The Labute approximate surface area is 262 Å². The monoisotopic (exact) mass is 748 g/mol. The van der Waals surface area contributed by atoms with Crippen molar-refractivity contribution in [1.29, 1.82) is 0 Å². The minimum absolute atomic E-state index is 0.390. The fourth-order valence-corrected chi connectivity index (χ4v) is 48.1. The molecule has 0 bridgehead atoms. The Kier molecular flexibility index (Phi) is 8.33. The fraction of sp³-hybridized carbons (Fsp3) is 0.317. The Bertz CT molecular complexity index is 1690. The molecule has 4 aromatic carbocycles. The molecule has 43 heavy (non-hydrogen) atoms. The van der Waals surface area contributed by atoms with Crippen LogP contribution in [0.15, 0.2) is 97.1 Å². The van der Waals surface area contributed by atoms with Gasteiger partial charge in [0.2, 0.25) is 0 Å². The molecule has 0 saturated carbocycles. The first-order valence-electron chi connectivity index (χ1n) is 16.5. The maximum absolute atomic E-state index is 3.66. The van der Waals surface area contributed by atoms with Gasteiger partial charge in [-0.2, -0.15) is 0 Å². The van der Waals surface area contributed by atoms with Crippen LogP contribution in [-0.2, 0) is 17.1 Å². The second-order valence-corrected chi connectivity index (χ2v) is 59.0. The summed E-state index contributed by atoms with van der Waals surface area (Å²) in [5.74, 6) is 1.06. The molecule has 0 heterocycles. The molecule has 2 aliphatic carbocycles. The van der Waals surface area contributed by atoms with Crippen molar-refractivity contribution in [2.45, 2.75) is 75.6 Å². The van der Waals surface area contributed by atoms with Crippen LogP contribution in [-0.4, -0.2) is 6.22 Å². The Morgan fingerprint density at radius 3 is 1.49 bits per heavy atom. The summed E-state index contributed by atoms with van der Waals surface area (Å²) in [7, 11) is 0. The third-order valence-corrected chi connectivity index (χ3v) is 53.4. The molecule has 0 aliphatic heterocycles. The first-order chi connectivity index (χ1) is 20.6. The first kappa shape index (κ1) is 30.5. The van der Waals surface area contributed by atoms with Crippen LogP contribution < -0.4 is 0 Å². The predicted octanol–water partition coefficient (Wildman–Crippen LogP) is 12.1. The molecule has 0 aromatic heterocycles. The van der Waals surface area contributed by atoms with Gasteiger partial charge in [-0.25, -0.2) is 0 Å². The SMILES string of the molecule is CCC[SiH]=[Hf]([CH3])([CH3])([CH]1C=Cc2c(-c3cccc(C(C)C)c3)cccc21)[CH]1C=Cc2c(-c3cccc(C(C)C)c3)cccc21. The van der Waals surface area contributed by atoms with Crippen LogP contribution in [0.4, 0.5) is 0 Å². The molecule has 4 aromatic rings. The van der Waals surface area contributed by atoms with Gasteiger partial charge >= 0.3 is 264 Å². The van der Waals surface area contributed by atoms with Gasteiger partial charge in [-0.15, -0.1) is 0 Å². The molecule has 0 fully saturated rings. The van der Waals surface area contributed by atoms with Crippen molar-refractivity contribution in [1.82, 2.24) is 0 Å². The van der Waals surface area contributed by atoms with Crippen molar-refractivity contribution in [3.05, 3.63) is 130 Å². The normalized spacial score (nSPS) is 17.5. The van der Waals surface area contributed by atoms with E-state index >= 15 is 0 Å². The average molecular weight is 747 g/mol. The van der Waals surface area contributed by atoms with Gasteiger partial charge in [-0.3, -0.25) is 0 Å². The summed E-state index contributed by atoms with van der Waals surface area (Å²) in [6.07, 6.45) is 12.0. The third-order valence-electron chi connectivity index (χ3n) is 10.6. The Balaban J connectivity index is 1.47. The number of benzene rings is 4. The van der Waals surface area contributed by atoms with Gasteiger partial charge in [0, 0.05) is 0 Å². The molecule has 2 aliphatic rings. The molecule has 2 atom stereocenters. The summed E-state index contributed by atoms with van der Waals surface area (Å²) in [4.78, 5) is 0. The van der Waals surface area contributed by atoms with Gasteiger partial charge in [-0.1, -0.05) is 0 Å². The van der Waals surface area contributed by atoms with E-state index in [1.165, 1.54) is 57.0 Å². The molecular formula is C41H48HfSi. The molecule has 220 valence electrons. The topological polar surface area (TPSA) is 0 Å². The van der Waals surface area contributed by atoms with Gasteiger partial charge in [0.15, 0.2) is 0 Å². The van der Waals surface area contributed by atoms with E-state index in [-0.39, 0.29) is 0 Å². The maximum atomic E-state index is 2.84. The molecule has 0 saturated heterocycles. The van der Waals surface area contributed by atoms with E-state index in [4.69, 9.17) is 0 Å². The van der Waals surface area contributed by atoms with Crippen molar-refractivity contribution in [2.24, 2.45) is 0 Å². The van der Waals surface area contributed by atoms with E-state index in [1.54, 1.807) is 11.1 Å². The van der Waals surface area contributed by atoms with Gasteiger partial charge in [0.1, 0.15) is 0 Å². The van der Waals surface area contributed by atoms with Crippen molar-refractivity contribution in [2.75, 3.05) is 0 Å². The summed E-state index contributed by atoms with van der Waals surface area (Å²) < 4.78 is 6.84. The third kappa shape index (κ3) is 5.37. The molecule has 0 radical (unpaired) electrons. The molecule has 2 heteroatoms. The molecule has 0 nitrogen and oxygen atoms in total. The van der Waals surface area contributed by atoms with Crippen LogP contribution >= 0.6 is 0 Å². The van der Waals surface area contributed by atoms with Gasteiger partial charge < -0.3 is 0 Å². The van der Waals surface area contributed by atoms with E-state index in [1.807, 2.05) is 0 Å². The molecular weight excluding hydrogens is 699 g/mol. The summed E-state index contributed by atoms with van der Waals surface area (Å²) in [6.45, 7) is 11.6.